The molecule has 0 bridgehead atoms. The van der Waals surface area contributed by atoms with Crippen molar-refractivity contribution >= 4 is 11.9 Å². The Labute approximate surface area is 129 Å². The van der Waals surface area contributed by atoms with Gasteiger partial charge >= 0.3 is 11.9 Å². The van der Waals surface area contributed by atoms with E-state index >= 15 is 0 Å². The first-order valence-corrected chi connectivity index (χ1v) is 7.73. The second-order valence-corrected chi connectivity index (χ2v) is 6.42. The molecule has 22 heavy (non-hydrogen) atoms. The lowest BCUT2D eigenvalue weighted by Crippen LogP contribution is -2.43. The van der Waals surface area contributed by atoms with Crippen molar-refractivity contribution in [2.75, 3.05) is 13.2 Å². The van der Waals surface area contributed by atoms with Crippen molar-refractivity contribution in [3.63, 3.8) is 0 Å². The molecule has 0 spiro atoms. The van der Waals surface area contributed by atoms with Crippen molar-refractivity contribution < 1.29 is 28.5 Å². The van der Waals surface area contributed by atoms with E-state index in [4.69, 9.17) is 18.9 Å². The molecule has 1 heterocycles. The molecule has 6 heteroatoms. The topological polar surface area (TPSA) is 71.1 Å². The predicted octanol–water partition coefficient (Wildman–Crippen LogP) is 1.78. The lowest BCUT2D eigenvalue weighted by atomic mass is 9.90. The zero-order chi connectivity index (χ0) is 15.9. The molecule has 122 valence electrons. The average Bonchev–Trinajstić information content (AvgIpc) is 3.01. The zero-order valence-electron chi connectivity index (χ0n) is 13.0. The fraction of sp³-hybridized carbons (Fsp3) is 0.750. The van der Waals surface area contributed by atoms with Gasteiger partial charge < -0.3 is 18.9 Å². The van der Waals surface area contributed by atoms with Crippen LogP contribution in [0.2, 0.25) is 0 Å². The van der Waals surface area contributed by atoms with Gasteiger partial charge in [-0.1, -0.05) is 6.58 Å². The van der Waals surface area contributed by atoms with Gasteiger partial charge in [0.2, 0.25) is 0 Å². The van der Waals surface area contributed by atoms with Crippen LogP contribution in [0, 0.1) is 17.3 Å². The molecule has 3 rings (SSSR count). The van der Waals surface area contributed by atoms with Crippen molar-refractivity contribution in [3.05, 3.63) is 12.2 Å². The fourth-order valence-electron chi connectivity index (χ4n) is 3.78. The largest absolute Gasteiger partial charge is 0.462 e. The van der Waals surface area contributed by atoms with Crippen LogP contribution in [0.5, 0.6) is 0 Å². The summed E-state index contributed by atoms with van der Waals surface area (Å²) in [6.45, 7) is 7.29. The fourth-order valence-corrected chi connectivity index (χ4v) is 3.78. The number of rotatable bonds is 6. The van der Waals surface area contributed by atoms with Gasteiger partial charge in [-0.3, -0.25) is 4.79 Å². The van der Waals surface area contributed by atoms with Gasteiger partial charge in [-0.05, 0) is 32.1 Å². The number of carbonyl (C=O) groups excluding carboxylic acids is 2. The van der Waals surface area contributed by atoms with Gasteiger partial charge in [-0.2, -0.15) is 0 Å². The number of esters is 2. The normalized spacial score (nSPS) is 38.6. The number of ether oxygens (including phenoxy) is 4. The van der Waals surface area contributed by atoms with Crippen LogP contribution in [0.25, 0.3) is 0 Å². The first-order chi connectivity index (χ1) is 10.4. The molecule has 0 radical (unpaired) electrons. The molecule has 0 aromatic rings. The molecule has 0 aromatic carbocycles. The van der Waals surface area contributed by atoms with Crippen LogP contribution in [0.3, 0.4) is 0 Å². The SMILES string of the molecule is C=C(C(=O)OCCOC(C)=O)C12CC(C3OC(C)O3)CC1C2. The molecule has 2 aliphatic carbocycles. The maximum Gasteiger partial charge on any atom is 0.334 e. The van der Waals surface area contributed by atoms with E-state index < -0.39 is 0 Å². The molecule has 0 N–H and O–H groups in total. The van der Waals surface area contributed by atoms with Gasteiger partial charge in [0.05, 0.1) is 0 Å². The quantitative estimate of drug-likeness (QED) is 0.423. The zero-order valence-corrected chi connectivity index (χ0v) is 13.0. The van der Waals surface area contributed by atoms with Crippen molar-refractivity contribution in [1.29, 1.82) is 0 Å². The summed E-state index contributed by atoms with van der Waals surface area (Å²) in [6, 6.07) is 0. The van der Waals surface area contributed by atoms with E-state index in [9.17, 15) is 9.59 Å². The van der Waals surface area contributed by atoms with Crippen LogP contribution in [0.15, 0.2) is 12.2 Å². The van der Waals surface area contributed by atoms with Crippen LogP contribution in [-0.4, -0.2) is 37.7 Å². The molecule has 2 saturated carbocycles. The molecule has 1 saturated heterocycles. The van der Waals surface area contributed by atoms with Crippen LogP contribution in [-0.2, 0) is 28.5 Å². The Morgan fingerprint density at radius 1 is 1.23 bits per heavy atom. The van der Waals surface area contributed by atoms with E-state index in [0.29, 0.717) is 17.4 Å². The van der Waals surface area contributed by atoms with Crippen LogP contribution >= 0.6 is 0 Å². The molecule has 3 aliphatic rings. The van der Waals surface area contributed by atoms with Crippen LogP contribution < -0.4 is 0 Å². The minimum Gasteiger partial charge on any atom is -0.462 e. The predicted molar refractivity (Wildman–Crippen MR) is 75.4 cm³/mol. The Morgan fingerprint density at radius 3 is 2.55 bits per heavy atom. The molecule has 3 unspecified atom stereocenters. The Bertz CT molecular complexity index is 495. The van der Waals surface area contributed by atoms with E-state index in [-0.39, 0.29) is 43.1 Å². The molecular weight excluding hydrogens is 288 g/mol. The van der Waals surface area contributed by atoms with E-state index in [1.54, 1.807) is 0 Å². The molecular formula is C16H22O6. The summed E-state index contributed by atoms with van der Waals surface area (Å²) in [6.07, 6.45) is 2.62. The third-order valence-electron chi connectivity index (χ3n) is 4.95. The van der Waals surface area contributed by atoms with Crippen molar-refractivity contribution in [3.8, 4) is 0 Å². The van der Waals surface area contributed by atoms with Crippen molar-refractivity contribution in [2.45, 2.75) is 45.7 Å². The molecule has 6 nitrogen and oxygen atoms in total. The summed E-state index contributed by atoms with van der Waals surface area (Å²) < 4.78 is 21.0. The minimum absolute atomic E-state index is 0.0635. The highest BCUT2D eigenvalue weighted by atomic mass is 16.9. The second kappa shape index (κ2) is 5.66. The summed E-state index contributed by atoms with van der Waals surface area (Å²) in [5.41, 5.74) is 0.407. The third-order valence-corrected chi connectivity index (χ3v) is 4.95. The standard InChI is InChI=1S/C16H22O6/c1-9(14(18)20-5-4-19-10(2)17)16-7-12(6-13(16)8-16)15-21-11(3)22-15/h11-13,15H,1,4-8H2,2-3H3. The monoisotopic (exact) mass is 310 g/mol. The summed E-state index contributed by atoms with van der Waals surface area (Å²) in [5, 5.41) is 0. The molecule has 3 atom stereocenters. The number of hydrogen-bond acceptors (Lipinski definition) is 6. The summed E-state index contributed by atoms with van der Waals surface area (Å²) >= 11 is 0. The number of fused-ring (bicyclic) bond motifs is 1. The van der Waals surface area contributed by atoms with Crippen molar-refractivity contribution in [2.24, 2.45) is 17.3 Å². The van der Waals surface area contributed by atoms with Crippen LogP contribution in [0.1, 0.15) is 33.1 Å². The first kappa shape index (κ1) is 15.5. The van der Waals surface area contributed by atoms with Gasteiger partial charge in [-0.15, -0.1) is 0 Å². The van der Waals surface area contributed by atoms with Crippen LogP contribution in [0.4, 0.5) is 0 Å². The van der Waals surface area contributed by atoms with Crippen molar-refractivity contribution in [1.82, 2.24) is 0 Å². The Kier molecular flexibility index (Phi) is 3.99. The highest BCUT2D eigenvalue weighted by molar-refractivity contribution is 5.90. The maximum atomic E-state index is 12.1. The highest BCUT2D eigenvalue weighted by Gasteiger charge is 2.65. The molecule has 0 amide bonds. The first-order valence-electron chi connectivity index (χ1n) is 7.73. The Morgan fingerprint density at radius 2 is 1.91 bits per heavy atom. The number of carbonyl (C=O) groups is 2. The molecule has 3 fully saturated rings. The molecule has 1 aliphatic heterocycles. The summed E-state index contributed by atoms with van der Waals surface area (Å²) in [7, 11) is 0. The Balaban J connectivity index is 1.46. The van der Waals surface area contributed by atoms with Gasteiger partial charge in [0.25, 0.3) is 0 Å². The number of hydrogen-bond donors (Lipinski definition) is 0. The lowest BCUT2D eigenvalue weighted by Gasteiger charge is -2.38. The lowest BCUT2D eigenvalue weighted by molar-refractivity contribution is -0.392. The smallest absolute Gasteiger partial charge is 0.334 e. The second-order valence-electron chi connectivity index (χ2n) is 6.42. The van der Waals surface area contributed by atoms with Gasteiger partial charge in [0.15, 0.2) is 12.6 Å². The highest BCUT2D eigenvalue weighted by Crippen LogP contribution is 2.70. The van der Waals surface area contributed by atoms with E-state index in [2.05, 4.69) is 6.58 Å². The van der Waals surface area contributed by atoms with E-state index in [1.807, 2.05) is 6.92 Å². The van der Waals surface area contributed by atoms with E-state index in [1.165, 1.54) is 6.92 Å². The minimum atomic E-state index is -0.390. The Hall–Kier alpha value is -1.40. The van der Waals surface area contributed by atoms with E-state index in [0.717, 1.165) is 19.3 Å². The third kappa shape index (κ3) is 2.77. The summed E-state index contributed by atoms with van der Waals surface area (Å²) in [4.78, 5) is 22.7. The summed E-state index contributed by atoms with van der Waals surface area (Å²) in [5.74, 6) is 0.0397. The van der Waals surface area contributed by atoms with Gasteiger partial charge in [0.1, 0.15) is 13.2 Å². The van der Waals surface area contributed by atoms with Gasteiger partial charge in [0, 0.05) is 23.8 Å². The average molecular weight is 310 g/mol. The van der Waals surface area contributed by atoms with Gasteiger partial charge in [-0.25, -0.2) is 4.79 Å². The maximum absolute atomic E-state index is 12.1. The molecule has 0 aromatic heterocycles.